The smallest absolute Gasteiger partial charge is 0.197 e. The Bertz CT molecular complexity index is 1520. The second kappa shape index (κ2) is 11.3. The molecule has 42 heavy (non-hydrogen) atoms. The lowest BCUT2D eigenvalue weighted by molar-refractivity contribution is -0.336. The molecule has 10 atom stereocenters. The molecule has 0 bridgehead atoms. The van der Waals surface area contributed by atoms with Crippen LogP contribution in [0.1, 0.15) is 25.5 Å². The molecular weight excluding hydrogens is 560 g/mol. The first-order valence-electron chi connectivity index (χ1n) is 13.1. The van der Waals surface area contributed by atoms with Crippen LogP contribution in [-0.2, 0) is 14.2 Å². The van der Waals surface area contributed by atoms with Crippen molar-refractivity contribution in [2.45, 2.75) is 75.1 Å². The van der Waals surface area contributed by atoms with E-state index in [-0.39, 0.29) is 33.8 Å². The summed E-state index contributed by atoms with van der Waals surface area (Å²) in [6.07, 6.45) is -14.9. The third kappa shape index (κ3) is 5.05. The Balaban J connectivity index is 1.58. The summed E-state index contributed by atoms with van der Waals surface area (Å²) in [5.74, 6) is -1.35. The average molecular weight is 593 g/mol. The molecule has 5 rings (SSSR count). The first kappa shape index (κ1) is 30.0. The lowest BCUT2D eigenvalue weighted by Crippen LogP contribution is -2.61. The summed E-state index contributed by atoms with van der Waals surface area (Å²) in [6, 6.07) is 6.39. The number of aliphatic hydroxyl groups is 5. The maximum Gasteiger partial charge on any atom is 0.197 e. The number of phenols is 3. The molecule has 0 amide bonds. The molecule has 14 nitrogen and oxygen atoms in total. The zero-order chi connectivity index (χ0) is 30.6. The Morgan fingerprint density at radius 1 is 0.786 bits per heavy atom. The highest BCUT2D eigenvalue weighted by Crippen LogP contribution is 2.46. The number of fused-ring (bicyclic) bond motifs is 1. The van der Waals surface area contributed by atoms with E-state index in [9.17, 15) is 45.6 Å². The molecule has 3 heterocycles. The molecule has 2 aromatic carbocycles. The van der Waals surface area contributed by atoms with E-state index in [4.69, 9.17) is 23.4 Å². The molecule has 10 unspecified atom stereocenters. The first-order chi connectivity index (χ1) is 19.8. The van der Waals surface area contributed by atoms with Crippen molar-refractivity contribution in [3.63, 3.8) is 0 Å². The van der Waals surface area contributed by atoms with Crippen LogP contribution in [0.5, 0.6) is 23.0 Å². The van der Waals surface area contributed by atoms with Gasteiger partial charge in [-0.05, 0) is 32.0 Å². The summed E-state index contributed by atoms with van der Waals surface area (Å²) in [7, 11) is 1.35. The molecule has 8 N–H and O–H groups in total. The number of benzene rings is 2. The summed E-state index contributed by atoms with van der Waals surface area (Å²) < 4.78 is 27.9. The first-order valence-corrected chi connectivity index (χ1v) is 13.1. The number of methoxy groups -OCH3 is 1. The van der Waals surface area contributed by atoms with Crippen LogP contribution >= 0.6 is 0 Å². The lowest BCUT2D eigenvalue weighted by Gasteiger charge is -2.46. The van der Waals surface area contributed by atoms with Gasteiger partial charge in [0.2, 0.25) is 0 Å². The van der Waals surface area contributed by atoms with E-state index in [1.807, 2.05) is 0 Å². The maximum absolute atomic E-state index is 13.2. The molecule has 14 heteroatoms. The van der Waals surface area contributed by atoms with E-state index < -0.39 is 78.2 Å². The Kier molecular flexibility index (Phi) is 8.08. The fourth-order valence-corrected chi connectivity index (χ4v) is 5.26. The lowest BCUT2D eigenvalue weighted by atomic mass is 9.89. The zero-order valence-corrected chi connectivity index (χ0v) is 22.7. The minimum Gasteiger partial charge on any atom is -0.507 e. The van der Waals surface area contributed by atoms with Gasteiger partial charge in [-0.3, -0.25) is 4.79 Å². The number of rotatable bonds is 5. The van der Waals surface area contributed by atoms with Crippen molar-refractivity contribution in [1.29, 1.82) is 0 Å². The molecule has 0 radical (unpaired) electrons. The van der Waals surface area contributed by atoms with E-state index in [0.29, 0.717) is 5.56 Å². The van der Waals surface area contributed by atoms with Gasteiger partial charge in [0.25, 0.3) is 0 Å². The van der Waals surface area contributed by atoms with E-state index in [2.05, 4.69) is 0 Å². The Labute approximate surface area is 238 Å². The quantitative estimate of drug-likeness (QED) is 0.195. The molecule has 228 valence electrons. The van der Waals surface area contributed by atoms with Crippen LogP contribution in [0, 0.1) is 0 Å². The van der Waals surface area contributed by atoms with Crippen molar-refractivity contribution < 1.29 is 64.2 Å². The normalized spacial score (nSPS) is 33.5. The second-order valence-corrected chi connectivity index (χ2v) is 10.4. The third-order valence-corrected chi connectivity index (χ3v) is 7.69. The zero-order valence-electron chi connectivity index (χ0n) is 22.7. The highest BCUT2D eigenvalue weighted by molar-refractivity contribution is 5.88. The number of hydrogen-bond donors (Lipinski definition) is 8. The van der Waals surface area contributed by atoms with Gasteiger partial charge < -0.3 is 64.2 Å². The fourth-order valence-electron chi connectivity index (χ4n) is 5.26. The van der Waals surface area contributed by atoms with Crippen LogP contribution in [-0.4, -0.2) is 103 Å². The molecule has 2 aliphatic heterocycles. The van der Waals surface area contributed by atoms with Crippen LogP contribution in [0.25, 0.3) is 22.3 Å². The largest absolute Gasteiger partial charge is 0.507 e. The molecule has 2 fully saturated rings. The van der Waals surface area contributed by atoms with Gasteiger partial charge in [-0.2, -0.15) is 0 Å². The Morgan fingerprint density at radius 2 is 1.45 bits per heavy atom. The molecule has 2 saturated heterocycles. The topological polar surface area (TPSA) is 229 Å². The molecule has 3 aromatic rings. The van der Waals surface area contributed by atoms with Crippen LogP contribution in [0.2, 0.25) is 0 Å². The van der Waals surface area contributed by atoms with Crippen LogP contribution in [0.4, 0.5) is 0 Å². The minimum atomic E-state index is -1.77. The minimum absolute atomic E-state index is 0.0398. The molecule has 1 aromatic heterocycles. The maximum atomic E-state index is 13.2. The van der Waals surface area contributed by atoms with E-state index >= 15 is 0 Å². The predicted molar refractivity (Wildman–Crippen MR) is 142 cm³/mol. The second-order valence-electron chi connectivity index (χ2n) is 10.4. The molecule has 0 spiro atoms. The van der Waals surface area contributed by atoms with Crippen molar-refractivity contribution >= 4 is 11.0 Å². The van der Waals surface area contributed by atoms with Crippen LogP contribution < -0.4 is 10.2 Å². The van der Waals surface area contributed by atoms with Gasteiger partial charge in [-0.25, -0.2) is 0 Å². The number of hydrogen-bond acceptors (Lipinski definition) is 14. The van der Waals surface area contributed by atoms with E-state index in [1.165, 1.54) is 39.2 Å². The highest BCUT2D eigenvalue weighted by atomic mass is 16.7. The van der Waals surface area contributed by atoms with E-state index in [0.717, 1.165) is 12.1 Å². The summed E-state index contributed by atoms with van der Waals surface area (Å²) >= 11 is 0. The molecule has 0 saturated carbocycles. The summed E-state index contributed by atoms with van der Waals surface area (Å²) in [5, 5.41) is 83.9. The monoisotopic (exact) mass is 592 g/mol. The summed E-state index contributed by atoms with van der Waals surface area (Å²) in [4.78, 5) is 13.2. The standard InChI is InChI=1S/C28H32O14/c1-9-21(33)24(36)27(42-28-25(37)23(35)20(32)10(2)40-28)26(39-9)19-14(31)8-17-18(22(19)34)13(30)7-15(41-17)11-4-5-12(29)16(6-11)38-3/h4-10,20-21,23-29,31-37H,1-3H3. The van der Waals surface area contributed by atoms with Gasteiger partial charge >= 0.3 is 0 Å². The van der Waals surface area contributed by atoms with Gasteiger partial charge in [0.1, 0.15) is 71.0 Å². The highest BCUT2D eigenvalue weighted by Gasteiger charge is 2.50. The number of phenolic OH excluding ortho intramolecular Hbond substituents is 3. The molecule has 2 aliphatic rings. The van der Waals surface area contributed by atoms with Gasteiger partial charge in [-0.1, -0.05) is 0 Å². The average Bonchev–Trinajstić information content (AvgIpc) is 2.95. The number of aliphatic hydroxyl groups excluding tert-OH is 5. The predicted octanol–water partition coefficient (Wildman–Crippen LogP) is -0.0203. The van der Waals surface area contributed by atoms with E-state index in [1.54, 1.807) is 0 Å². The number of ether oxygens (including phenoxy) is 4. The molecule has 0 aliphatic carbocycles. The molecular formula is C28H32O14. The summed E-state index contributed by atoms with van der Waals surface area (Å²) in [5.41, 5.74) is -0.942. The third-order valence-electron chi connectivity index (χ3n) is 7.69. The van der Waals surface area contributed by atoms with Crippen molar-refractivity contribution in [3.8, 4) is 34.3 Å². The van der Waals surface area contributed by atoms with Gasteiger partial charge in [0, 0.05) is 17.7 Å². The SMILES string of the molecule is COc1cc(-c2cc(=O)c3c(O)c(C4OC(C)C(O)C(O)C4OC4OC(C)C(O)C(O)C4O)c(O)cc3o2)ccc1O. The van der Waals surface area contributed by atoms with Crippen molar-refractivity contribution in [2.24, 2.45) is 0 Å². The fraction of sp³-hybridized carbons (Fsp3) is 0.464. The Morgan fingerprint density at radius 3 is 2.14 bits per heavy atom. The Hall–Kier alpha value is -3.47. The van der Waals surface area contributed by atoms with Gasteiger partial charge in [-0.15, -0.1) is 0 Å². The van der Waals surface area contributed by atoms with Crippen LogP contribution in [0.3, 0.4) is 0 Å². The van der Waals surface area contributed by atoms with Gasteiger partial charge in [0.15, 0.2) is 23.2 Å². The van der Waals surface area contributed by atoms with Crippen molar-refractivity contribution in [2.75, 3.05) is 7.11 Å². The van der Waals surface area contributed by atoms with Crippen molar-refractivity contribution in [1.82, 2.24) is 0 Å². The van der Waals surface area contributed by atoms with Crippen LogP contribution in [0.15, 0.2) is 39.5 Å². The number of aromatic hydroxyl groups is 3. The van der Waals surface area contributed by atoms with Crippen molar-refractivity contribution in [3.05, 3.63) is 46.1 Å². The summed E-state index contributed by atoms with van der Waals surface area (Å²) in [6.45, 7) is 2.84. The van der Waals surface area contributed by atoms with Gasteiger partial charge in [0.05, 0.1) is 24.9 Å².